The summed E-state index contributed by atoms with van der Waals surface area (Å²) in [6, 6.07) is 29.8. The molecule has 0 spiro atoms. The molecule has 2 aromatic heterocycles. The average Bonchev–Trinajstić information content (AvgIpc) is 3.63. The molecule has 13 heteroatoms. The molecule has 4 aromatic carbocycles. The van der Waals surface area contributed by atoms with Crippen LogP contribution in [0.25, 0.3) is 16.5 Å². The number of pyridine rings is 1. The van der Waals surface area contributed by atoms with Crippen LogP contribution in [-0.4, -0.2) is 71.2 Å². The average molecular weight is 769 g/mol. The van der Waals surface area contributed by atoms with Crippen molar-refractivity contribution in [2.24, 2.45) is 5.73 Å². The molecule has 3 amide bonds. The van der Waals surface area contributed by atoms with Gasteiger partial charge in [-0.3, -0.25) is 15.0 Å². The number of nitrogens with one attached hydrogen (secondary N) is 3. The van der Waals surface area contributed by atoms with Crippen LogP contribution in [0.3, 0.4) is 0 Å². The number of rotatable bonds is 12. The molecule has 57 heavy (non-hydrogen) atoms. The molecule has 3 heterocycles. The Kier molecular flexibility index (Phi) is 11.5. The predicted octanol–water partition coefficient (Wildman–Crippen LogP) is 8.15. The molecule has 5 N–H and O–H groups in total. The standard InChI is InChI=1S/C44H48N8O5/c1-28-10-12-32(13-11-28)52-40(27-38(50-52)44(2,3)4)49-43(54)48-36-14-15-37(35-9-7-6-8-34(35)36)57-33-16-17-46-39(26-33)47-31-23-29(22-30(25-31)42(45)53)24-41(55-5)51-18-20-56-21-19-51/h6-17,22-23,25-27,41H,18-21,24H2,1-5H3,(H2,45,53)(H,46,47)(H2,48,49,54). The number of aryl methyl sites for hydroxylation is 1. The normalized spacial score (nSPS) is 13.9. The summed E-state index contributed by atoms with van der Waals surface area (Å²) in [6.07, 6.45) is 2.02. The Bertz CT molecular complexity index is 2380. The number of fused-ring (bicyclic) bond motifs is 1. The molecule has 1 fully saturated rings. The lowest BCUT2D eigenvalue weighted by Crippen LogP contribution is -2.45. The van der Waals surface area contributed by atoms with E-state index in [1.54, 1.807) is 42.3 Å². The molecule has 294 valence electrons. The summed E-state index contributed by atoms with van der Waals surface area (Å²) in [5.41, 5.74) is 10.9. The van der Waals surface area contributed by atoms with Gasteiger partial charge >= 0.3 is 6.03 Å². The third-order valence-electron chi connectivity index (χ3n) is 9.77. The van der Waals surface area contributed by atoms with Crippen LogP contribution in [0.1, 0.15) is 48.0 Å². The minimum atomic E-state index is -0.531. The zero-order valence-electron chi connectivity index (χ0n) is 32.8. The smallest absolute Gasteiger partial charge is 0.324 e. The second-order valence-corrected chi connectivity index (χ2v) is 15.1. The summed E-state index contributed by atoms with van der Waals surface area (Å²) >= 11 is 0. The number of hydrogen-bond donors (Lipinski definition) is 4. The highest BCUT2D eigenvalue weighted by Gasteiger charge is 2.23. The van der Waals surface area contributed by atoms with Crippen molar-refractivity contribution in [2.75, 3.05) is 49.4 Å². The number of amides is 3. The van der Waals surface area contributed by atoms with Crippen molar-refractivity contribution >= 4 is 45.7 Å². The van der Waals surface area contributed by atoms with E-state index in [4.69, 9.17) is 25.0 Å². The Balaban J connectivity index is 1.08. The molecule has 0 radical (unpaired) electrons. The van der Waals surface area contributed by atoms with Gasteiger partial charge in [0.2, 0.25) is 5.91 Å². The van der Waals surface area contributed by atoms with E-state index in [1.165, 1.54) is 0 Å². The van der Waals surface area contributed by atoms with Gasteiger partial charge in [-0.05, 0) is 61.0 Å². The molecule has 1 unspecified atom stereocenters. The molecule has 1 aliphatic rings. The van der Waals surface area contributed by atoms with Crippen LogP contribution in [-0.2, 0) is 21.3 Å². The molecule has 7 rings (SSSR count). The number of morpholine rings is 1. The largest absolute Gasteiger partial charge is 0.457 e. The Morgan fingerprint density at radius 1 is 0.912 bits per heavy atom. The molecule has 1 saturated heterocycles. The van der Waals surface area contributed by atoms with E-state index in [9.17, 15) is 9.59 Å². The quantitative estimate of drug-likeness (QED) is 0.0965. The monoisotopic (exact) mass is 768 g/mol. The first-order valence-corrected chi connectivity index (χ1v) is 18.9. The van der Waals surface area contributed by atoms with E-state index in [2.05, 4.69) is 46.6 Å². The third kappa shape index (κ3) is 9.41. The molecular weight excluding hydrogens is 721 g/mol. The lowest BCUT2D eigenvalue weighted by molar-refractivity contribution is -0.0777. The van der Waals surface area contributed by atoms with Crippen LogP contribution in [0.5, 0.6) is 11.5 Å². The van der Waals surface area contributed by atoms with Gasteiger partial charge in [0.1, 0.15) is 29.4 Å². The molecule has 1 aliphatic heterocycles. The summed E-state index contributed by atoms with van der Waals surface area (Å²) in [4.78, 5) is 32.6. The number of nitrogens with zero attached hydrogens (tertiary/aromatic N) is 4. The fourth-order valence-corrected chi connectivity index (χ4v) is 6.73. The van der Waals surface area contributed by atoms with E-state index in [-0.39, 0.29) is 11.6 Å². The maximum Gasteiger partial charge on any atom is 0.324 e. The molecule has 0 saturated carbocycles. The highest BCUT2D eigenvalue weighted by atomic mass is 16.5. The maximum atomic E-state index is 13.6. The Hall–Kier alpha value is -6.28. The van der Waals surface area contributed by atoms with Gasteiger partial charge in [0.15, 0.2) is 0 Å². The van der Waals surface area contributed by atoms with Crippen molar-refractivity contribution in [1.82, 2.24) is 19.7 Å². The Labute approximate surface area is 332 Å². The SMILES string of the molecule is COC(Cc1cc(Nc2cc(Oc3ccc(NC(=O)Nc4cc(C(C)(C)C)nn4-c4ccc(C)cc4)c4ccccc34)ccn2)cc(C(N)=O)c1)N1CCOCC1. The number of primary amides is 1. The van der Waals surface area contributed by atoms with Crippen LogP contribution in [0.2, 0.25) is 0 Å². The number of carbonyl (C=O) groups is 2. The first kappa shape index (κ1) is 39.0. The lowest BCUT2D eigenvalue weighted by atomic mass is 9.92. The molecular formula is C44H48N8O5. The molecule has 1 atom stereocenters. The van der Waals surface area contributed by atoms with E-state index < -0.39 is 11.9 Å². The van der Waals surface area contributed by atoms with Crippen LogP contribution in [0, 0.1) is 6.92 Å². The number of hydrogen-bond acceptors (Lipinski definition) is 9. The van der Waals surface area contributed by atoms with E-state index in [1.807, 2.05) is 79.7 Å². The van der Waals surface area contributed by atoms with Gasteiger partial charge in [0, 0.05) is 72.4 Å². The zero-order chi connectivity index (χ0) is 40.1. The van der Waals surface area contributed by atoms with Crippen molar-refractivity contribution in [1.29, 1.82) is 0 Å². The summed E-state index contributed by atoms with van der Waals surface area (Å²) < 4.78 is 19.5. The topological polar surface area (TPSA) is 158 Å². The van der Waals surface area contributed by atoms with Gasteiger partial charge in [-0.25, -0.2) is 14.5 Å². The number of anilines is 4. The number of nitrogens with two attached hydrogens (primary N) is 1. The Morgan fingerprint density at radius 3 is 2.39 bits per heavy atom. The number of benzene rings is 4. The van der Waals surface area contributed by atoms with E-state index >= 15 is 0 Å². The first-order valence-electron chi connectivity index (χ1n) is 18.9. The second-order valence-electron chi connectivity index (χ2n) is 15.1. The van der Waals surface area contributed by atoms with E-state index in [0.717, 1.165) is 46.4 Å². The summed E-state index contributed by atoms with van der Waals surface area (Å²) in [6.45, 7) is 11.1. The fourth-order valence-electron chi connectivity index (χ4n) is 6.73. The molecule has 0 bridgehead atoms. The van der Waals surface area contributed by atoms with Crippen molar-refractivity contribution in [3.8, 4) is 17.2 Å². The van der Waals surface area contributed by atoms with E-state index in [0.29, 0.717) is 59.7 Å². The van der Waals surface area contributed by atoms with Crippen LogP contribution in [0.4, 0.5) is 27.8 Å². The molecule has 6 aromatic rings. The van der Waals surface area contributed by atoms with Crippen molar-refractivity contribution in [3.05, 3.63) is 126 Å². The van der Waals surface area contributed by atoms with Gasteiger partial charge in [0.05, 0.1) is 30.3 Å². The maximum absolute atomic E-state index is 13.6. The first-order chi connectivity index (χ1) is 27.4. The zero-order valence-corrected chi connectivity index (χ0v) is 32.8. The van der Waals surface area contributed by atoms with Crippen LogP contribution < -0.4 is 26.4 Å². The fraction of sp³-hybridized carbons (Fsp3) is 0.273. The third-order valence-corrected chi connectivity index (χ3v) is 9.77. The minimum absolute atomic E-state index is 0.180. The van der Waals surface area contributed by atoms with Crippen molar-refractivity contribution in [3.63, 3.8) is 0 Å². The predicted molar refractivity (Wildman–Crippen MR) is 223 cm³/mol. The van der Waals surface area contributed by atoms with Gasteiger partial charge in [-0.15, -0.1) is 0 Å². The summed E-state index contributed by atoms with van der Waals surface area (Å²) in [5.74, 6) is 1.66. The minimum Gasteiger partial charge on any atom is -0.457 e. The lowest BCUT2D eigenvalue weighted by Gasteiger charge is -2.33. The molecule has 0 aliphatic carbocycles. The highest BCUT2D eigenvalue weighted by molar-refractivity contribution is 6.07. The summed E-state index contributed by atoms with van der Waals surface area (Å²) in [7, 11) is 1.68. The van der Waals surface area contributed by atoms with Gasteiger partial charge in [-0.2, -0.15) is 5.10 Å². The number of urea groups is 1. The summed E-state index contributed by atoms with van der Waals surface area (Å²) in [5, 5.41) is 15.8. The van der Waals surface area contributed by atoms with Crippen molar-refractivity contribution in [2.45, 2.75) is 45.8 Å². The van der Waals surface area contributed by atoms with Crippen LogP contribution >= 0.6 is 0 Å². The number of ether oxygens (including phenoxy) is 3. The van der Waals surface area contributed by atoms with Crippen molar-refractivity contribution < 1.29 is 23.8 Å². The van der Waals surface area contributed by atoms with Gasteiger partial charge in [0.25, 0.3) is 0 Å². The number of methoxy groups -OCH3 is 1. The number of carbonyl (C=O) groups excluding carboxylic acids is 2. The molecule has 13 nitrogen and oxygen atoms in total. The number of aromatic nitrogens is 3. The Morgan fingerprint density at radius 2 is 1.67 bits per heavy atom. The van der Waals surface area contributed by atoms with Gasteiger partial charge in [-0.1, -0.05) is 62.7 Å². The highest BCUT2D eigenvalue weighted by Crippen LogP contribution is 2.35. The van der Waals surface area contributed by atoms with Gasteiger partial charge < -0.3 is 30.6 Å². The second kappa shape index (κ2) is 16.8. The van der Waals surface area contributed by atoms with Crippen LogP contribution in [0.15, 0.2) is 103 Å².